The molecule has 4 rings (SSSR count). The highest BCUT2D eigenvalue weighted by atomic mass is 16.5. The largest absolute Gasteiger partial charge is 0.480 e. The number of hydrogen-bond donors (Lipinski definition) is 3. The molecule has 0 aliphatic rings. The molecule has 4 N–H and O–H groups in total. The lowest BCUT2D eigenvalue weighted by Gasteiger charge is -2.19. The van der Waals surface area contributed by atoms with Gasteiger partial charge in [0, 0.05) is 28.7 Å². The van der Waals surface area contributed by atoms with Crippen LogP contribution in [0, 0.1) is 0 Å². The Hall–Kier alpha value is -4.79. The van der Waals surface area contributed by atoms with Crippen molar-refractivity contribution in [3.8, 4) is 22.8 Å². The molecule has 0 aliphatic heterocycles. The van der Waals surface area contributed by atoms with E-state index >= 15 is 0 Å². The molecule has 4 aromatic rings. The Kier molecular flexibility index (Phi) is 7.38. The fraction of sp³-hybridized carbons (Fsp3) is 0.207. The number of carbonyl (C=O) groups excluding carboxylic acids is 2. The van der Waals surface area contributed by atoms with Gasteiger partial charge >= 0.3 is 5.97 Å². The number of primary amides is 1. The van der Waals surface area contributed by atoms with Crippen molar-refractivity contribution >= 4 is 17.8 Å². The number of aliphatic carboxylic acids is 1. The van der Waals surface area contributed by atoms with Gasteiger partial charge in [0.15, 0.2) is 0 Å². The van der Waals surface area contributed by atoms with E-state index in [4.69, 9.17) is 10.3 Å². The third kappa shape index (κ3) is 6.12. The number of hydrogen-bond acceptors (Lipinski definition) is 6. The lowest BCUT2D eigenvalue weighted by atomic mass is 9.86. The highest BCUT2D eigenvalue weighted by Gasteiger charge is 2.22. The predicted molar refractivity (Wildman–Crippen MR) is 141 cm³/mol. The van der Waals surface area contributed by atoms with Crippen molar-refractivity contribution in [3.05, 3.63) is 95.1 Å². The quantitative estimate of drug-likeness (QED) is 0.320. The first-order valence-electron chi connectivity index (χ1n) is 12.0. The molecule has 1 heterocycles. The van der Waals surface area contributed by atoms with E-state index in [-0.39, 0.29) is 17.7 Å². The number of aromatic nitrogens is 2. The van der Waals surface area contributed by atoms with Gasteiger partial charge in [-0.15, -0.1) is 0 Å². The van der Waals surface area contributed by atoms with E-state index in [2.05, 4.69) is 36.2 Å². The summed E-state index contributed by atoms with van der Waals surface area (Å²) in [6.07, 6.45) is 0.102. The Morgan fingerprint density at radius 3 is 2.03 bits per heavy atom. The summed E-state index contributed by atoms with van der Waals surface area (Å²) in [5.74, 6) is -1.46. The van der Waals surface area contributed by atoms with Gasteiger partial charge in [0.25, 0.3) is 11.8 Å². The lowest BCUT2D eigenvalue weighted by Crippen LogP contribution is -2.42. The van der Waals surface area contributed by atoms with Crippen LogP contribution in [0.1, 0.15) is 52.6 Å². The summed E-state index contributed by atoms with van der Waals surface area (Å²) < 4.78 is 5.34. The summed E-state index contributed by atoms with van der Waals surface area (Å²) in [4.78, 5) is 40.2. The topological polar surface area (TPSA) is 148 Å². The van der Waals surface area contributed by atoms with E-state index in [1.807, 2.05) is 12.1 Å². The number of nitrogens with zero attached hydrogens (tertiary/aromatic N) is 2. The molecule has 38 heavy (non-hydrogen) atoms. The summed E-state index contributed by atoms with van der Waals surface area (Å²) in [6, 6.07) is 19.6. The van der Waals surface area contributed by atoms with Crippen LogP contribution >= 0.6 is 0 Å². The average Bonchev–Trinajstić information content (AvgIpc) is 3.38. The van der Waals surface area contributed by atoms with Crippen molar-refractivity contribution < 1.29 is 24.0 Å². The summed E-state index contributed by atoms with van der Waals surface area (Å²) in [7, 11) is 0. The molecule has 9 heteroatoms. The van der Waals surface area contributed by atoms with Gasteiger partial charge in [0.1, 0.15) is 6.04 Å². The van der Waals surface area contributed by atoms with Gasteiger partial charge in [0.05, 0.1) is 0 Å². The third-order valence-corrected chi connectivity index (χ3v) is 6.11. The molecule has 0 aliphatic carbocycles. The molecule has 9 nitrogen and oxygen atoms in total. The highest BCUT2D eigenvalue weighted by molar-refractivity contribution is 5.96. The number of nitrogens with two attached hydrogens (primary N) is 1. The van der Waals surface area contributed by atoms with Crippen LogP contribution in [0.3, 0.4) is 0 Å². The van der Waals surface area contributed by atoms with Crippen LogP contribution in [0.5, 0.6) is 0 Å². The van der Waals surface area contributed by atoms with Gasteiger partial charge in [-0.25, -0.2) is 4.79 Å². The first-order valence-corrected chi connectivity index (χ1v) is 12.0. The minimum atomic E-state index is -1.13. The zero-order valence-electron chi connectivity index (χ0n) is 21.3. The number of benzene rings is 3. The number of carbonyl (C=O) groups is 3. The first kappa shape index (κ1) is 26.3. The molecule has 0 saturated carbocycles. The predicted octanol–water partition coefficient (Wildman–Crippen LogP) is 4.23. The van der Waals surface area contributed by atoms with Gasteiger partial charge in [0.2, 0.25) is 11.7 Å². The molecule has 0 spiro atoms. The number of carboxylic acid groups (broad SMARTS) is 1. The average molecular weight is 513 g/mol. The molecular weight excluding hydrogens is 484 g/mol. The minimum absolute atomic E-state index is 0.0500. The number of amides is 2. The maximum atomic E-state index is 12.7. The molecule has 0 radical (unpaired) electrons. The molecule has 0 saturated heterocycles. The van der Waals surface area contributed by atoms with E-state index in [0.717, 1.165) is 11.1 Å². The Morgan fingerprint density at radius 2 is 1.47 bits per heavy atom. The van der Waals surface area contributed by atoms with Crippen molar-refractivity contribution in [2.75, 3.05) is 0 Å². The smallest absolute Gasteiger partial charge is 0.326 e. The van der Waals surface area contributed by atoms with Gasteiger partial charge in [-0.1, -0.05) is 62.3 Å². The van der Waals surface area contributed by atoms with Crippen molar-refractivity contribution in [2.24, 2.45) is 5.73 Å². The third-order valence-electron chi connectivity index (χ3n) is 6.11. The van der Waals surface area contributed by atoms with Gasteiger partial charge in [-0.3, -0.25) is 9.59 Å². The number of carboxylic acids is 1. The molecule has 1 unspecified atom stereocenters. The summed E-state index contributed by atoms with van der Waals surface area (Å²) in [6.45, 7) is 6.24. The Morgan fingerprint density at radius 1 is 0.895 bits per heavy atom. The van der Waals surface area contributed by atoms with Gasteiger partial charge in [-0.05, 0) is 52.9 Å². The summed E-state index contributed by atoms with van der Waals surface area (Å²) in [5.41, 5.74) is 9.10. The van der Waals surface area contributed by atoms with E-state index in [1.54, 1.807) is 60.7 Å². The van der Waals surface area contributed by atoms with Crippen LogP contribution < -0.4 is 11.1 Å². The zero-order valence-corrected chi connectivity index (χ0v) is 21.3. The summed E-state index contributed by atoms with van der Waals surface area (Å²) in [5, 5.41) is 16.3. The van der Waals surface area contributed by atoms with Crippen LogP contribution in [-0.4, -0.2) is 39.1 Å². The molecule has 3 aromatic carbocycles. The van der Waals surface area contributed by atoms with Crippen molar-refractivity contribution in [3.63, 3.8) is 0 Å². The van der Waals surface area contributed by atoms with Crippen LogP contribution in [0.25, 0.3) is 22.8 Å². The Bertz CT molecular complexity index is 1450. The van der Waals surface area contributed by atoms with Crippen LogP contribution in [0.4, 0.5) is 0 Å². The SMILES string of the molecule is CC(C)(C)c1ccc(C(=O)NC(Cc2ccc(-c3noc(-c4ccc(C(N)=O)cc4)n3)cc2)C(=O)O)cc1. The van der Waals surface area contributed by atoms with Crippen LogP contribution in [-0.2, 0) is 16.6 Å². The van der Waals surface area contributed by atoms with E-state index in [9.17, 15) is 19.5 Å². The maximum absolute atomic E-state index is 12.7. The van der Waals surface area contributed by atoms with Crippen LogP contribution in [0.15, 0.2) is 77.3 Å². The van der Waals surface area contributed by atoms with Gasteiger partial charge in [-0.2, -0.15) is 4.98 Å². The van der Waals surface area contributed by atoms with Crippen LogP contribution in [0.2, 0.25) is 0 Å². The molecule has 1 aromatic heterocycles. The fourth-order valence-corrected chi connectivity index (χ4v) is 3.82. The second kappa shape index (κ2) is 10.7. The molecular formula is C29H28N4O5. The Labute approximate surface area is 219 Å². The van der Waals surface area contributed by atoms with E-state index < -0.39 is 23.8 Å². The molecule has 0 bridgehead atoms. The zero-order chi connectivity index (χ0) is 27.4. The second-order valence-electron chi connectivity index (χ2n) is 9.96. The minimum Gasteiger partial charge on any atom is -0.480 e. The first-order chi connectivity index (χ1) is 18.0. The molecule has 194 valence electrons. The van der Waals surface area contributed by atoms with E-state index in [0.29, 0.717) is 28.1 Å². The van der Waals surface area contributed by atoms with Crippen molar-refractivity contribution in [2.45, 2.75) is 38.6 Å². The van der Waals surface area contributed by atoms with Crippen molar-refractivity contribution in [1.29, 1.82) is 0 Å². The number of rotatable bonds is 8. The van der Waals surface area contributed by atoms with Crippen molar-refractivity contribution in [1.82, 2.24) is 15.5 Å². The maximum Gasteiger partial charge on any atom is 0.326 e. The Balaban J connectivity index is 1.42. The fourth-order valence-electron chi connectivity index (χ4n) is 3.82. The standard InChI is InChI=1S/C29H28N4O5/c1-29(2,3)22-14-12-20(13-15-22)26(35)31-23(28(36)37)16-17-4-6-19(7-5-17)25-32-27(38-33-25)21-10-8-18(9-11-21)24(30)34/h4-15,23H,16H2,1-3H3,(H2,30,34)(H,31,35)(H,36,37). The molecule has 2 amide bonds. The second-order valence-corrected chi connectivity index (χ2v) is 9.96. The number of nitrogens with one attached hydrogen (secondary N) is 1. The van der Waals surface area contributed by atoms with E-state index in [1.165, 1.54) is 0 Å². The normalized spacial score (nSPS) is 12.1. The molecule has 0 fully saturated rings. The molecule has 1 atom stereocenters. The highest BCUT2D eigenvalue weighted by Crippen LogP contribution is 2.24. The van der Waals surface area contributed by atoms with Gasteiger partial charge < -0.3 is 20.7 Å². The monoisotopic (exact) mass is 512 g/mol. The lowest BCUT2D eigenvalue weighted by molar-refractivity contribution is -0.139. The summed E-state index contributed by atoms with van der Waals surface area (Å²) >= 11 is 0.